The third kappa shape index (κ3) is 5.34. The summed E-state index contributed by atoms with van der Waals surface area (Å²) in [6.07, 6.45) is -1.26. The number of amides is 4. The van der Waals surface area contributed by atoms with E-state index in [1.807, 2.05) is 0 Å². The molecule has 1 heterocycles. The first-order chi connectivity index (χ1) is 14.5. The zero-order chi connectivity index (χ0) is 21.5. The van der Waals surface area contributed by atoms with Crippen LogP contribution in [0.1, 0.15) is 24.5 Å². The third-order valence-electron chi connectivity index (χ3n) is 4.42. The minimum Gasteiger partial charge on any atom is -0.497 e. The zero-order valence-corrected chi connectivity index (χ0v) is 16.2. The molecule has 0 unspecified atom stereocenters. The van der Waals surface area contributed by atoms with Gasteiger partial charge in [-0.1, -0.05) is 36.4 Å². The van der Waals surface area contributed by atoms with Crippen LogP contribution in [0.15, 0.2) is 54.6 Å². The maximum atomic E-state index is 12.9. The van der Waals surface area contributed by atoms with Crippen molar-refractivity contribution in [3.63, 3.8) is 0 Å². The summed E-state index contributed by atoms with van der Waals surface area (Å²) in [5, 5.41) is 7.22. The number of benzene rings is 2. The second kappa shape index (κ2) is 9.55. The molecule has 1 aliphatic heterocycles. The van der Waals surface area contributed by atoms with E-state index in [2.05, 4.69) is 16.0 Å². The van der Waals surface area contributed by atoms with Crippen molar-refractivity contribution in [3.05, 3.63) is 60.2 Å². The number of nitrogens with one attached hydrogen (secondary N) is 3. The molecule has 1 fully saturated rings. The summed E-state index contributed by atoms with van der Waals surface area (Å²) in [6.45, 7) is 0. The van der Waals surface area contributed by atoms with E-state index < -0.39 is 36.0 Å². The highest BCUT2D eigenvalue weighted by Crippen LogP contribution is 2.23. The summed E-state index contributed by atoms with van der Waals surface area (Å²) in [5.41, 5.74) is 0.986. The number of carbonyl (C=O) groups excluding carboxylic acids is 4. The molecule has 2 aromatic rings. The van der Waals surface area contributed by atoms with Gasteiger partial charge < -0.3 is 20.1 Å². The Morgan fingerprint density at radius 3 is 2.53 bits per heavy atom. The van der Waals surface area contributed by atoms with E-state index in [1.165, 1.54) is 7.11 Å². The number of esters is 1. The van der Waals surface area contributed by atoms with Crippen LogP contribution < -0.4 is 20.7 Å². The van der Waals surface area contributed by atoms with Crippen LogP contribution in [-0.2, 0) is 19.1 Å². The van der Waals surface area contributed by atoms with E-state index in [1.54, 1.807) is 54.6 Å². The van der Waals surface area contributed by atoms with Gasteiger partial charge in [-0.3, -0.25) is 19.7 Å². The predicted molar refractivity (Wildman–Crippen MR) is 107 cm³/mol. The molecule has 2 aromatic carbocycles. The van der Waals surface area contributed by atoms with E-state index in [0.717, 1.165) is 0 Å². The molecule has 3 rings (SSSR count). The number of ether oxygens (including phenoxy) is 2. The Labute approximate surface area is 172 Å². The van der Waals surface area contributed by atoms with Crippen molar-refractivity contribution in [2.24, 2.45) is 0 Å². The summed E-state index contributed by atoms with van der Waals surface area (Å²) in [5.74, 6) is -1.13. The summed E-state index contributed by atoms with van der Waals surface area (Å²) in [6, 6.07) is 14.0. The monoisotopic (exact) mass is 411 g/mol. The van der Waals surface area contributed by atoms with Crippen LogP contribution in [0.3, 0.4) is 0 Å². The first kappa shape index (κ1) is 20.8. The Kier molecular flexibility index (Phi) is 6.63. The summed E-state index contributed by atoms with van der Waals surface area (Å²) in [7, 11) is 1.52. The van der Waals surface area contributed by atoms with E-state index in [4.69, 9.17) is 9.47 Å². The Morgan fingerprint density at radius 2 is 1.87 bits per heavy atom. The van der Waals surface area contributed by atoms with Gasteiger partial charge in [0.2, 0.25) is 6.10 Å². The SMILES string of the molecule is COc1cccc(NC(=O)[C@H](OC(=O)CC[C@@H]2NC(=O)NC2=O)c2ccccc2)c1. The average molecular weight is 411 g/mol. The maximum Gasteiger partial charge on any atom is 0.322 e. The van der Waals surface area contributed by atoms with Crippen molar-refractivity contribution in [3.8, 4) is 5.75 Å². The lowest BCUT2D eigenvalue weighted by molar-refractivity contribution is -0.155. The summed E-state index contributed by atoms with van der Waals surface area (Å²) in [4.78, 5) is 48.0. The first-order valence-corrected chi connectivity index (χ1v) is 9.27. The molecule has 0 aromatic heterocycles. The highest BCUT2D eigenvalue weighted by molar-refractivity contribution is 6.04. The normalized spacial score (nSPS) is 16.2. The molecule has 1 aliphatic rings. The Hall–Kier alpha value is -3.88. The lowest BCUT2D eigenvalue weighted by atomic mass is 10.1. The van der Waals surface area contributed by atoms with Crippen molar-refractivity contribution < 1.29 is 28.7 Å². The van der Waals surface area contributed by atoms with Crippen LogP contribution in [0.2, 0.25) is 0 Å². The fourth-order valence-corrected chi connectivity index (χ4v) is 2.92. The number of rotatable bonds is 8. The molecule has 0 aliphatic carbocycles. The molecular formula is C21H21N3O6. The number of imide groups is 1. The van der Waals surface area contributed by atoms with Crippen LogP contribution >= 0.6 is 0 Å². The minimum absolute atomic E-state index is 0.0649. The molecule has 0 saturated carbocycles. The van der Waals surface area contributed by atoms with E-state index >= 15 is 0 Å². The number of hydrogen-bond donors (Lipinski definition) is 3. The van der Waals surface area contributed by atoms with Crippen LogP contribution in [-0.4, -0.2) is 37.0 Å². The quantitative estimate of drug-likeness (QED) is 0.450. The van der Waals surface area contributed by atoms with Gasteiger partial charge >= 0.3 is 12.0 Å². The summed E-state index contributed by atoms with van der Waals surface area (Å²) < 4.78 is 10.6. The number of carbonyl (C=O) groups is 4. The van der Waals surface area contributed by atoms with Crippen LogP contribution in [0, 0.1) is 0 Å². The van der Waals surface area contributed by atoms with Gasteiger partial charge in [-0.2, -0.15) is 0 Å². The molecule has 30 heavy (non-hydrogen) atoms. The fraction of sp³-hybridized carbons (Fsp3) is 0.238. The van der Waals surface area contributed by atoms with Gasteiger partial charge in [0.15, 0.2) is 0 Å². The van der Waals surface area contributed by atoms with Crippen molar-refractivity contribution in [2.45, 2.75) is 25.0 Å². The number of urea groups is 1. The van der Waals surface area contributed by atoms with Crippen LogP contribution in [0.4, 0.5) is 10.5 Å². The lowest BCUT2D eigenvalue weighted by Gasteiger charge is -2.18. The summed E-state index contributed by atoms with van der Waals surface area (Å²) >= 11 is 0. The Bertz CT molecular complexity index is 947. The smallest absolute Gasteiger partial charge is 0.322 e. The largest absolute Gasteiger partial charge is 0.497 e. The Morgan fingerprint density at radius 1 is 1.10 bits per heavy atom. The van der Waals surface area contributed by atoms with Gasteiger partial charge in [0.05, 0.1) is 7.11 Å². The van der Waals surface area contributed by atoms with E-state index in [9.17, 15) is 19.2 Å². The molecular weight excluding hydrogens is 390 g/mol. The van der Waals surface area contributed by atoms with Crippen LogP contribution in [0.25, 0.3) is 0 Å². The second-order valence-electron chi connectivity index (χ2n) is 6.56. The standard InChI is InChI=1S/C21H21N3O6/c1-29-15-9-5-8-14(12-15)22-20(27)18(13-6-3-2-4-7-13)30-17(25)11-10-16-19(26)24-21(28)23-16/h2-9,12,16,18H,10-11H2,1H3,(H,22,27)(H2,23,24,26,28)/t16-,18+/m0/s1. The van der Waals surface area contributed by atoms with Crippen molar-refractivity contribution >= 4 is 29.5 Å². The lowest BCUT2D eigenvalue weighted by Crippen LogP contribution is -2.30. The van der Waals surface area contributed by atoms with E-state index in [0.29, 0.717) is 17.0 Å². The van der Waals surface area contributed by atoms with Gasteiger partial charge in [0.1, 0.15) is 11.8 Å². The molecule has 9 nitrogen and oxygen atoms in total. The Balaban J connectivity index is 1.67. The number of methoxy groups -OCH3 is 1. The maximum absolute atomic E-state index is 12.9. The van der Waals surface area contributed by atoms with Gasteiger partial charge in [0, 0.05) is 23.7 Å². The third-order valence-corrected chi connectivity index (χ3v) is 4.42. The predicted octanol–water partition coefficient (Wildman–Crippen LogP) is 1.91. The van der Waals surface area contributed by atoms with Crippen molar-refractivity contribution in [2.75, 3.05) is 12.4 Å². The highest BCUT2D eigenvalue weighted by atomic mass is 16.5. The minimum atomic E-state index is -1.18. The molecule has 1 saturated heterocycles. The molecule has 9 heteroatoms. The van der Waals surface area contributed by atoms with Crippen LogP contribution in [0.5, 0.6) is 5.75 Å². The highest BCUT2D eigenvalue weighted by Gasteiger charge is 2.31. The van der Waals surface area contributed by atoms with Gasteiger partial charge in [-0.25, -0.2) is 4.79 Å². The topological polar surface area (TPSA) is 123 Å². The van der Waals surface area contributed by atoms with Gasteiger partial charge in [-0.05, 0) is 18.6 Å². The van der Waals surface area contributed by atoms with Crippen molar-refractivity contribution in [1.82, 2.24) is 10.6 Å². The van der Waals surface area contributed by atoms with Gasteiger partial charge in [-0.15, -0.1) is 0 Å². The molecule has 0 radical (unpaired) electrons. The average Bonchev–Trinajstić information content (AvgIpc) is 3.08. The molecule has 0 spiro atoms. The first-order valence-electron chi connectivity index (χ1n) is 9.27. The molecule has 2 atom stereocenters. The van der Waals surface area contributed by atoms with Crippen molar-refractivity contribution in [1.29, 1.82) is 0 Å². The molecule has 3 N–H and O–H groups in total. The fourth-order valence-electron chi connectivity index (χ4n) is 2.92. The van der Waals surface area contributed by atoms with E-state index in [-0.39, 0.29) is 12.8 Å². The number of anilines is 1. The zero-order valence-electron chi connectivity index (χ0n) is 16.2. The number of hydrogen-bond acceptors (Lipinski definition) is 6. The van der Waals surface area contributed by atoms with Gasteiger partial charge in [0.25, 0.3) is 11.8 Å². The molecule has 4 amide bonds. The molecule has 156 valence electrons. The second-order valence-corrected chi connectivity index (χ2v) is 6.56. The molecule has 0 bridgehead atoms.